The van der Waals surface area contributed by atoms with E-state index in [-0.39, 0.29) is 0 Å². The molecule has 0 bridgehead atoms. The van der Waals surface area contributed by atoms with E-state index < -0.39 is 0 Å². The summed E-state index contributed by atoms with van der Waals surface area (Å²) in [6.07, 6.45) is 1.25. The first-order valence-electron chi connectivity index (χ1n) is 6.11. The van der Waals surface area contributed by atoms with E-state index in [0.717, 1.165) is 18.1 Å². The van der Waals surface area contributed by atoms with E-state index in [1.165, 1.54) is 17.5 Å². The molecule has 86 valence electrons. The fraction of sp³-hybridized carbons (Fsp3) is 0.571. The number of rotatable bonds is 0. The highest BCUT2D eigenvalue weighted by molar-refractivity contribution is 6.31. The van der Waals surface area contributed by atoms with Crippen LogP contribution in [0.25, 0.3) is 0 Å². The summed E-state index contributed by atoms with van der Waals surface area (Å²) in [5.41, 5.74) is 3.31. The molecule has 0 amide bonds. The van der Waals surface area contributed by atoms with E-state index in [1.54, 1.807) is 0 Å². The predicted molar refractivity (Wildman–Crippen MR) is 68.2 cm³/mol. The van der Waals surface area contributed by atoms with Gasteiger partial charge in [0.05, 0.1) is 0 Å². The van der Waals surface area contributed by atoms with Crippen molar-refractivity contribution in [2.45, 2.75) is 32.1 Å². The summed E-state index contributed by atoms with van der Waals surface area (Å²) in [7, 11) is 0. The lowest BCUT2D eigenvalue weighted by Crippen LogP contribution is -2.32. The maximum Gasteiger partial charge on any atom is 0.0443 e. The van der Waals surface area contributed by atoms with Gasteiger partial charge in [-0.2, -0.15) is 0 Å². The molecule has 1 aliphatic heterocycles. The topological polar surface area (TPSA) is 12.0 Å². The molecule has 1 saturated heterocycles. The van der Waals surface area contributed by atoms with E-state index >= 15 is 0 Å². The van der Waals surface area contributed by atoms with E-state index in [1.807, 2.05) is 6.07 Å². The lowest BCUT2D eigenvalue weighted by molar-refractivity contribution is 0.254. The van der Waals surface area contributed by atoms with Crippen molar-refractivity contribution >= 4 is 11.6 Å². The number of fused-ring (bicyclic) bond motifs is 3. The maximum atomic E-state index is 6.35. The van der Waals surface area contributed by atoms with E-state index in [4.69, 9.17) is 11.6 Å². The first-order valence-corrected chi connectivity index (χ1v) is 6.49. The minimum Gasteiger partial charge on any atom is -0.316 e. The molecule has 1 N–H and O–H groups in total. The Morgan fingerprint density at radius 3 is 3.06 bits per heavy atom. The van der Waals surface area contributed by atoms with Crippen LogP contribution in [0.5, 0.6) is 0 Å². The van der Waals surface area contributed by atoms with Crippen LogP contribution in [-0.2, 0) is 0 Å². The monoisotopic (exact) mass is 235 g/mol. The number of hydrogen-bond donors (Lipinski definition) is 1. The number of nitrogens with one attached hydrogen (secondary N) is 1. The Bertz CT molecular complexity index is 429. The number of halogens is 1. The lowest BCUT2D eigenvalue weighted by atomic mass is 9.63. The molecule has 0 spiro atoms. The lowest BCUT2D eigenvalue weighted by Gasteiger charge is -2.40. The van der Waals surface area contributed by atoms with Crippen molar-refractivity contribution in [1.29, 1.82) is 0 Å². The fourth-order valence-electron chi connectivity index (χ4n) is 3.75. The van der Waals surface area contributed by atoms with Crippen LogP contribution in [0.15, 0.2) is 18.2 Å². The van der Waals surface area contributed by atoms with E-state index in [9.17, 15) is 0 Å². The van der Waals surface area contributed by atoms with Gasteiger partial charge in [-0.05, 0) is 34.9 Å². The Kier molecular flexibility index (Phi) is 2.31. The third-order valence-electron chi connectivity index (χ3n) is 4.45. The molecule has 3 rings (SSSR count). The molecule has 3 atom stereocenters. The summed E-state index contributed by atoms with van der Waals surface area (Å²) in [6, 6.07) is 6.40. The largest absolute Gasteiger partial charge is 0.316 e. The van der Waals surface area contributed by atoms with Crippen LogP contribution < -0.4 is 5.32 Å². The molecule has 16 heavy (non-hydrogen) atoms. The number of hydrogen-bond acceptors (Lipinski definition) is 1. The Morgan fingerprint density at radius 1 is 1.44 bits per heavy atom. The molecular formula is C14H18ClN. The zero-order valence-electron chi connectivity index (χ0n) is 9.89. The summed E-state index contributed by atoms with van der Waals surface area (Å²) in [5.74, 6) is 1.24. The Labute approximate surface area is 102 Å². The van der Waals surface area contributed by atoms with Crippen LogP contribution in [0.2, 0.25) is 5.02 Å². The van der Waals surface area contributed by atoms with Gasteiger partial charge in [-0.25, -0.2) is 0 Å². The molecule has 1 aromatic rings. The third kappa shape index (κ3) is 1.34. The molecule has 2 heteroatoms. The van der Waals surface area contributed by atoms with Gasteiger partial charge in [0.15, 0.2) is 0 Å². The fourth-order valence-corrected chi connectivity index (χ4v) is 4.12. The molecular weight excluding hydrogens is 218 g/mol. The van der Waals surface area contributed by atoms with Gasteiger partial charge in [-0.15, -0.1) is 0 Å². The molecule has 1 aromatic carbocycles. The Hall–Kier alpha value is -0.530. The smallest absolute Gasteiger partial charge is 0.0443 e. The minimum atomic E-state index is 0.428. The zero-order valence-corrected chi connectivity index (χ0v) is 10.6. The van der Waals surface area contributed by atoms with Crippen molar-refractivity contribution < 1.29 is 0 Å². The van der Waals surface area contributed by atoms with Gasteiger partial charge in [-0.3, -0.25) is 0 Å². The van der Waals surface area contributed by atoms with Crippen LogP contribution in [0.4, 0.5) is 0 Å². The highest BCUT2D eigenvalue weighted by Crippen LogP contribution is 2.53. The standard InChI is InChI=1S/C14H18ClN/c1-9-6-14(2)8-16-7-11(14)10-4-3-5-12(15)13(9)10/h3-5,9,11,16H,6-8H2,1-2H3/t9-,11?,14+/m1/s1. The molecule has 1 aliphatic carbocycles. The third-order valence-corrected chi connectivity index (χ3v) is 4.78. The van der Waals surface area contributed by atoms with Gasteiger partial charge in [0.2, 0.25) is 0 Å². The van der Waals surface area contributed by atoms with Crippen LogP contribution >= 0.6 is 11.6 Å². The minimum absolute atomic E-state index is 0.428. The van der Waals surface area contributed by atoms with Crippen LogP contribution in [0.1, 0.15) is 43.2 Å². The second-order valence-electron chi connectivity index (χ2n) is 5.69. The summed E-state index contributed by atoms with van der Waals surface area (Å²) in [6.45, 7) is 6.98. The predicted octanol–water partition coefficient (Wildman–Crippen LogP) is 3.54. The summed E-state index contributed by atoms with van der Waals surface area (Å²) < 4.78 is 0. The van der Waals surface area contributed by atoms with Crippen LogP contribution in [0.3, 0.4) is 0 Å². The van der Waals surface area contributed by atoms with E-state index in [0.29, 0.717) is 17.3 Å². The van der Waals surface area contributed by atoms with Crippen molar-refractivity contribution in [2.75, 3.05) is 13.1 Å². The molecule has 1 heterocycles. The van der Waals surface area contributed by atoms with Gasteiger partial charge in [0, 0.05) is 24.0 Å². The van der Waals surface area contributed by atoms with Crippen molar-refractivity contribution in [1.82, 2.24) is 5.32 Å². The second-order valence-corrected chi connectivity index (χ2v) is 6.09. The summed E-state index contributed by atoms with van der Waals surface area (Å²) in [4.78, 5) is 0. The summed E-state index contributed by atoms with van der Waals surface area (Å²) in [5, 5.41) is 4.50. The second kappa shape index (κ2) is 3.48. The first-order chi connectivity index (χ1) is 7.62. The van der Waals surface area contributed by atoms with Crippen LogP contribution in [-0.4, -0.2) is 13.1 Å². The molecule has 0 aromatic heterocycles. The molecule has 0 saturated carbocycles. The number of benzene rings is 1. The molecule has 0 radical (unpaired) electrons. The summed E-state index contributed by atoms with van der Waals surface area (Å²) >= 11 is 6.35. The quantitative estimate of drug-likeness (QED) is 0.725. The SMILES string of the molecule is C[C@@H]1C[C@@]2(C)CNCC2c2cccc(Cl)c21. The average molecular weight is 236 g/mol. The van der Waals surface area contributed by atoms with Crippen molar-refractivity contribution in [3.05, 3.63) is 34.3 Å². The highest BCUT2D eigenvalue weighted by Gasteiger charge is 2.45. The van der Waals surface area contributed by atoms with Crippen molar-refractivity contribution in [2.24, 2.45) is 5.41 Å². The highest BCUT2D eigenvalue weighted by atomic mass is 35.5. The molecule has 1 fully saturated rings. The molecule has 1 unspecified atom stereocenters. The normalized spacial score (nSPS) is 36.9. The van der Waals surface area contributed by atoms with Crippen molar-refractivity contribution in [3.8, 4) is 0 Å². The van der Waals surface area contributed by atoms with Crippen LogP contribution in [0, 0.1) is 5.41 Å². The first kappa shape index (κ1) is 10.6. The Morgan fingerprint density at radius 2 is 2.25 bits per heavy atom. The van der Waals surface area contributed by atoms with E-state index in [2.05, 4.69) is 31.3 Å². The van der Waals surface area contributed by atoms with Gasteiger partial charge >= 0.3 is 0 Å². The van der Waals surface area contributed by atoms with Gasteiger partial charge < -0.3 is 5.32 Å². The maximum absolute atomic E-state index is 6.35. The molecule has 2 aliphatic rings. The molecule has 1 nitrogen and oxygen atoms in total. The van der Waals surface area contributed by atoms with Gasteiger partial charge in [0.1, 0.15) is 0 Å². The van der Waals surface area contributed by atoms with Crippen molar-refractivity contribution in [3.63, 3.8) is 0 Å². The van der Waals surface area contributed by atoms with Gasteiger partial charge in [-0.1, -0.05) is 37.6 Å². The Balaban J connectivity index is 2.18. The zero-order chi connectivity index (χ0) is 11.3. The average Bonchev–Trinajstić information content (AvgIpc) is 2.59. The van der Waals surface area contributed by atoms with Gasteiger partial charge in [0.25, 0.3) is 0 Å².